The van der Waals surface area contributed by atoms with Crippen LogP contribution in [0.25, 0.3) is 0 Å². The highest BCUT2D eigenvalue weighted by Crippen LogP contribution is 2.37. The summed E-state index contributed by atoms with van der Waals surface area (Å²) in [6.45, 7) is 3.43. The van der Waals surface area contributed by atoms with E-state index in [9.17, 15) is 13.6 Å². The van der Waals surface area contributed by atoms with Crippen molar-refractivity contribution in [1.29, 1.82) is 0 Å². The van der Waals surface area contributed by atoms with Gasteiger partial charge in [-0.05, 0) is 45.7 Å². The molecule has 0 bridgehead atoms. The van der Waals surface area contributed by atoms with Crippen LogP contribution < -0.4 is 0 Å². The lowest BCUT2D eigenvalue weighted by Crippen LogP contribution is -2.44. The first-order valence-corrected chi connectivity index (χ1v) is 7.79. The average Bonchev–Trinajstić information content (AvgIpc) is 3.13. The summed E-state index contributed by atoms with van der Waals surface area (Å²) in [4.78, 5) is 23.4. The third kappa shape index (κ3) is 2.76. The molecule has 0 aromatic carbocycles. The lowest BCUT2D eigenvalue weighted by molar-refractivity contribution is 0.0524. The number of amides is 1. The maximum Gasteiger partial charge on any atom is 0.333 e. The largest absolute Gasteiger partial charge is 0.333 e. The Bertz CT molecular complexity index is 755. The number of aryl methyl sites for hydroxylation is 2. The molecule has 24 heavy (non-hydrogen) atoms. The molecule has 0 spiro atoms. The molecule has 2 aromatic rings. The van der Waals surface area contributed by atoms with Crippen molar-refractivity contribution in [3.8, 4) is 0 Å². The van der Waals surface area contributed by atoms with Crippen molar-refractivity contribution in [2.24, 2.45) is 0 Å². The van der Waals surface area contributed by atoms with Gasteiger partial charge in [-0.25, -0.2) is 14.6 Å². The van der Waals surface area contributed by atoms with Crippen LogP contribution in [0.4, 0.5) is 8.78 Å². The molecule has 8 heteroatoms. The van der Waals surface area contributed by atoms with Gasteiger partial charge in [0.1, 0.15) is 5.54 Å². The Morgan fingerprint density at radius 3 is 2.54 bits per heavy atom. The van der Waals surface area contributed by atoms with E-state index in [1.54, 1.807) is 4.90 Å². The summed E-state index contributed by atoms with van der Waals surface area (Å²) in [5, 5.41) is 3.68. The lowest BCUT2D eigenvalue weighted by Gasteiger charge is -2.33. The fourth-order valence-electron chi connectivity index (χ4n) is 3.19. The van der Waals surface area contributed by atoms with Crippen molar-refractivity contribution in [3.63, 3.8) is 0 Å². The summed E-state index contributed by atoms with van der Waals surface area (Å²) < 4.78 is 25.8. The fourth-order valence-corrected chi connectivity index (χ4v) is 3.19. The van der Waals surface area contributed by atoms with Gasteiger partial charge in [0.15, 0.2) is 11.5 Å². The van der Waals surface area contributed by atoms with Gasteiger partial charge < -0.3 is 4.90 Å². The number of likely N-dealkylation sites (tertiary alicyclic amines) is 1. The van der Waals surface area contributed by atoms with Gasteiger partial charge in [-0.3, -0.25) is 4.79 Å². The Morgan fingerprint density at radius 2 is 1.96 bits per heavy atom. The summed E-state index contributed by atoms with van der Waals surface area (Å²) in [5.74, 6) is 0.205. The van der Waals surface area contributed by atoms with Gasteiger partial charge in [-0.15, -0.1) is 0 Å². The number of aromatic nitrogens is 4. The minimum Gasteiger partial charge on any atom is -0.325 e. The van der Waals surface area contributed by atoms with Gasteiger partial charge in [-0.2, -0.15) is 13.9 Å². The molecule has 1 aliphatic heterocycles. The molecule has 0 aliphatic carbocycles. The van der Waals surface area contributed by atoms with Crippen molar-refractivity contribution in [3.05, 3.63) is 41.2 Å². The highest BCUT2D eigenvalue weighted by Gasteiger charge is 2.44. The molecule has 6 nitrogen and oxygen atoms in total. The van der Waals surface area contributed by atoms with E-state index >= 15 is 0 Å². The Labute approximate surface area is 138 Å². The molecule has 0 N–H and O–H groups in total. The van der Waals surface area contributed by atoms with E-state index in [0.717, 1.165) is 30.4 Å². The molecule has 1 unspecified atom stereocenters. The topological polar surface area (TPSA) is 63.9 Å². The van der Waals surface area contributed by atoms with Crippen LogP contribution >= 0.6 is 0 Å². The molecule has 3 rings (SSSR count). The number of hydrogen-bond acceptors (Lipinski definition) is 4. The molecule has 1 atom stereocenters. The number of carbonyl (C=O) groups is 1. The number of hydrogen-bond donors (Lipinski definition) is 0. The monoisotopic (exact) mass is 335 g/mol. The van der Waals surface area contributed by atoms with Crippen LogP contribution in [0, 0.1) is 13.8 Å². The predicted molar refractivity (Wildman–Crippen MR) is 82.6 cm³/mol. The third-order valence-corrected chi connectivity index (χ3v) is 4.38. The number of alkyl halides is 2. The molecule has 2 aromatic heterocycles. The zero-order valence-corrected chi connectivity index (χ0v) is 13.8. The van der Waals surface area contributed by atoms with Crippen molar-refractivity contribution in [2.45, 2.75) is 45.7 Å². The number of rotatable bonds is 3. The second-order valence-corrected chi connectivity index (χ2v) is 6.27. The average molecular weight is 335 g/mol. The van der Waals surface area contributed by atoms with Crippen LogP contribution in [0.2, 0.25) is 0 Å². The molecular weight excluding hydrogens is 316 g/mol. The fraction of sp³-hybridized carbons (Fsp3) is 0.500. The third-order valence-electron chi connectivity index (χ3n) is 4.38. The van der Waals surface area contributed by atoms with Crippen LogP contribution in [0.15, 0.2) is 18.3 Å². The minimum absolute atomic E-state index is 0.00722. The van der Waals surface area contributed by atoms with Crippen molar-refractivity contribution < 1.29 is 13.6 Å². The van der Waals surface area contributed by atoms with E-state index < -0.39 is 12.1 Å². The Kier molecular flexibility index (Phi) is 4.06. The second kappa shape index (κ2) is 5.92. The van der Waals surface area contributed by atoms with E-state index in [-0.39, 0.29) is 11.6 Å². The lowest BCUT2D eigenvalue weighted by atomic mass is 9.97. The smallest absolute Gasteiger partial charge is 0.325 e. The van der Waals surface area contributed by atoms with Crippen molar-refractivity contribution in [1.82, 2.24) is 24.6 Å². The van der Waals surface area contributed by atoms with Crippen LogP contribution in [0.5, 0.6) is 0 Å². The van der Waals surface area contributed by atoms with Crippen molar-refractivity contribution in [2.75, 3.05) is 6.54 Å². The zero-order valence-electron chi connectivity index (χ0n) is 13.8. The van der Waals surface area contributed by atoms with Gasteiger partial charge in [0.25, 0.3) is 5.91 Å². The molecule has 1 amide bonds. The molecule has 0 saturated carbocycles. The van der Waals surface area contributed by atoms with E-state index in [1.807, 2.05) is 26.8 Å². The number of halogens is 2. The molecular formula is C16H19F2N5O. The quantitative estimate of drug-likeness (QED) is 0.865. The molecule has 128 valence electrons. The van der Waals surface area contributed by atoms with Crippen molar-refractivity contribution >= 4 is 5.91 Å². The van der Waals surface area contributed by atoms with E-state index in [2.05, 4.69) is 15.1 Å². The molecule has 1 fully saturated rings. The molecule has 0 radical (unpaired) electrons. The van der Waals surface area contributed by atoms with Gasteiger partial charge in [0.2, 0.25) is 0 Å². The van der Waals surface area contributed by atoms with E-state index in [4.69, 9.17) is 0 Å². The first-order valence-electron chi connectivity index (χ1n) is 7.79. The van der Waals surface area contributed by atoms with Gasteiger partial charge in [-0.1, -0.05) is 0 Å². The maximum absolute atomic E-state index is 12.8. The Balaban J connectivity index is 1.95. The minimum atomic E-state index is -2.76. The normalized spacial score (nSPS) is 20.8. The highest BCUT2D eigenvalue weighted by atomic mass is 19.3. The van der Waals surface area contributed by atoms with E-state index in [0.29, 0.717) is 17.1 Å². The summed E-state index contributed by atoms with van der Waals surface area (Å²) >= 11 is 0. The molecule has 1 aliphatic rings. The number of nitrogens with zero attached hydrogens (tertiary/aromatic N) is 5. The van der Waals surface area contributed by atoms with Gasteiger partial charge >= 0.3 is 6.55 Å². The maximum atomic E-state index is 12.8. The van der Waals surface area contributed by atoms with Gasteiger partial charge in [0.05, 0.1) is 0 Å². The highest BCUT2D eigenvalue weighted by molar-refractivity contribution is 5.93. The number of carbonyl (C=O) groups excluding carboxylic acids is 1. The SMILES string of the molecule is Cc1cc(C)nc(C2(C)CCCN2C(=O)c2ccn(C(F)F)n2)n1. The Hall–Kier alpha value is -2.38. The van der Waals surface area contributed by atoms with Gasteiger partial charge in [0, 0.05) is 24.1 Å². The first kappa shape index (κ1) is 16.5. The summed E-state index contributed by atoms with van der Waals surface area (Å²) in [6.07, 6.45) is 2.63. The summed E-state index contributed by atoms with van der Waals surface area (Å²) in [5.41, 5.74) is 1.01. The second-order valence-electron chi connectivity index (χ2n) is 6.27. The Morgan fingerprint density at radius 1 is 1.29 bits per heavy atom. The van der Waals surface area contributed by atoms with Crippen LogP contribution in [0.3, 0.4) is 0 Å². The molecule has 1 saturated heterocycles. The first-order chi connectivity index (χ1) is 11.3. The summed E-state index contributed by atoms with van der Waals surface area (Å²) in [6, 6.07) is 3.19. The van der Waals surface area contributed by atoms with Crippen LogP contribution in [0.1, 0.15) is 54.0 Å². The van der Waals surface area contributed by atoms with Crippen LogP contribution in [-0.4, -0.2) is 37.1 Å². The molecule has 3 heterocycles. The zero-order chi connectivity index (χ0) is 17.5. The van der Waals surface area contributed by atoms with E-state index in [1.165, 1.54) is 6.07 Å². The summed E-state index contributed by atoms with van der Waals surface area (Å²) in [7, 11) is 0. The predicted octanol–water partition coefficient (Wildman–Crippen LogP) is 2.84. The standard InChI is InChI=1S/C16H19F2N5O/c1-10-9-11(2)20-14(19-10)16(3)6-4-7-22(16)13(24)12-5-8-23(21-12)15(17)18/h5,8-9,15H,4,6-7H2,1-3H3. The van der Waals surface area contributed by atoms with Crippen LogP contribution in [-0.2, 0) is 5.54 Å².